The van der Waals surface area contributed by atoms with Crippen molar-refractivity contribution in [2.75, 3.05) is 7.11 Å². The molecule has 0 saturated heterocycles. The molecule has 8 nitrogen and oxygen atoms in total. The van der Waals surface area contributed by atoms with Crippen molar-refractivity contribution in [3.05, 3.63) is 107 Å². The zero-order valence-electron chi connectivity index (χ0n) is 19.1. The molecular weight excluding hydrogens is 466 g/mol. The van der Waals surface area contributed by atoms with E-state index in [0.29, 0.717) is 33.7 Å². The molecule has 5 aromatic rings. The van der Waals surface area contributed by atoms with Crippen LogP contribution in [-0.4, -0.2) is 32.3 Å². The summed E-state index contributed by atoms with van der Waals surface area (Å²) in [6.07, 6.45) is 5.10. The standard InChI is InChI=1S/C26H22ClN5O3/c1-31-12-11-28-25(31)24(17-6-3-9-20(14-17)34-2)29-26(33)21-16-22(23-10-5-13-35-23)32(30-21)19-8-4-7-18(27)15-19/h3-16,24H,1-2H3,(H,29,33). The molecule has 0 aliphatic rings. The van der Waals surface area contributed by atoms with Crippen LogP contribution in [0.15, 0.2) is 89.8 Å². The first-order valence-electron chi connectivity index (χ1n) is 10.9. The fourth-order valence-electron chi connectivity index (χ4n) is 3.87. The van der Waals surface area contributed by atoms with Crippen molar-refractivity contribution >= 4 is 17.5 Å². The maximum absolute atomic E-state index is 13.5. The molecule has 1 unspecified atom stereocenters. The lowest BCUT2D eigenvalue weighted by Crippen LogP contribution is -2.31. The van der Waals surface area contributed by atoms with Gasteiger partial charge in [0.25, 0.3) is 5.91 Å². The van der Waals surface area contributed by atoms with Gasteiger partial charge in [0.1, 0.15) is 23.3 Å². The van der Waals surface area contributed by atoms with Gasteiger partial charge >= 0.3 is 0 Å². The number of hydrogen-bond donors (Lipinski definition) is 1. The predicted octanol–water partition coefficient (Wildman–Crippen LogP) is 5.05. The molecule has 9 heteroatoms. The van der Waals surface area contributed by atoms with Crippen molar-refractivity contribution in [2.24, 2.45) is 7.05 Å². The Morgan fingerprint density at radius 3 is 2.69 bits per heavy atom. The number of aromatic nitrogens is 4. The number of rotatable bonds is 7. The molecule has 0 aliphatic heterocycles. The molecule has 35 heavy (non-hydrogen) atoms. The Hall–Kier alpha value is -4.30. The second-order valence-electron chi connectivity index (χ2n) is 7.86. The lowest BCUT2D eigenvalue weighted by molar-refractivity contribution is 0.0935. The number of methoxy groups -OCH3 is 1. The van der Waals surface area contributed by atoms with E-state index in [1.165, 1.54) is 0 Å². The van der Waals surface area contributed by atoms with Gasteiger partial charge in [-0.1, -0.05) is 29.8 Å². The van der Waals surface area contributed by atoms with Crippen LogP contribution < -0.4 is 10.1 Å². The number of ether oxygens (including phenoxy) is 1. The Morgan fingerprint density at radius 1 is 1.11 bits per heavy atom. The van der Waals surface area contributed by atoms with E-state index in [0.717, 1.165) is 5.56 Å². The molecule has 0 fully saturated rings. The summed E-state index contributed by atoms with van der Waals surface area (Å²) in [6, 6.07) is 19.5. The SMILES string of the molecule is COc1cccc(C(NC(=O)c2cc(-c3ccco3)n(-c3cccc(Cl)c3)n2)c2nccn2C)c1. The van der Waals surface area contributed by atoms with Crippen LogP contribution in [0.3, 0.4) is 0 Å². The zero-order chi connectivity index (χ0) is 24.4. The second kappa shape index (κ2) is 9.52. The molecule has 0 saturated carbocycles. The van der Waals surface area contributed by atoms with E-state index in [9.17, 15) is 4.79 Å². The molecule has 1 N–H and O–H groups in total. The summed E-state index contributed by atoms with van der Waals surface area (Å²) in [5.41, 5.74) is 2.37. The first-order valence-corrected chi connectivity index (χ1v) is 11.2. The number of imidazole rings is 1. The third-order valence-corrected chi connectivity index (χ3v) is 5.82. The first-order chi connectivity index (χ1) is 17.0. The van der Waals surface area contributed by atoms with Gasteiger partial charge in [-0.3, -0.25) is 4.79 Å². The van der Waals surface area contributed by atoms with Gasteiger partial charge < -0.3 is 19.0 Å². The minimum Gasteiger partial charge on any atom is -0.497 e. The number of furan rings is 1. The average Bonchev–Trinajstić information content (AvgIpc) is 3.63. The van der Waals surface area contributed by atoms with E-state index in [1.54, 1.807) is 48.5 Å². The van der Waals surface area contributed by atoms with Crippen LogP contribution in [0.1, 0.15) is 27.9 Å². The highest BCUT2D eigenvalue weighted by molar-refractivity contribution is 6.30. The Kier molecular flexibility index (Phi) is 6.12. The minimum absolute atomic E-state index is 0.221. The van der Waals surface area contributed by atoms with Gasteiger partial charge in [0.05, 0.1) is 19.1 Å². The van der Waals surface area contributed by atoms with Crippen molar-refractivity contribution in [3.8, 4) is 22.9 Å². The van der Waals surface area contributed by atoms with E-state index >= 15 is 0 Å². The monoisotopic (exact) mass is 487 g/mol. The van der Waals surface area contributed by atoms with E-state index < -0.39 is 6.04 Å². The smallest absolute Gasteiger partial charge is 0.272 e. The average molecular weight is 488 g/mol. The molecule has 1 amide bonds. The van der Waals surface area contributed by atoms with E-state index in [2.05, 4.69) is 15.4 Å². The Morgan fingerprint density at radius 2 is 1.97 bits per heavy atom. The van der Waals surface area contributed by atoms with Crippen LogP contribution >= 0.6 is 11.6 Å². The molecule has 0 aliphatic carbocycles. The second-order valence-corrected chi connectivity index (χ2v) is 8.30. The molecule has 2 aromatic carbocycles. The first kappa shape index (κ1) is 22.5. The van der Waals surface area contributed by atoms with Crippen molar-refractivity contribution < 1.29 is 13.9 Å². The van der Waals surface area contributed by atoms with Gasteiger partial charge in [-0.25, -0.2) is 9.67 Å². The van der Waals surface area contributed by atoms with Gasteiger partial charge in [0.2, 0.25) is 0 Å². The third-order valence-electron chi connectivity index (χ3n) is 5.59. The fourth-order valence-corrected chi connectivity index (χ4v) is 4.06. The number of aryl methyl sites for hydroxylation is 1. The van der Waals surface area contributed by atoms with Gasteiger partial charge in [-0.2, -0.15) is 5.10 Å². The summed E-state index contributed by atoms with van der Waals surface area (Å²) in [6.45, 7) is 0. The molecule has 5 rings (SSSR count). The van der Waals surface area contributed by atoms with E-state index in [4.69, 9.17) is 20.8 Å². The number of carbonyl (C=O) groups excluding carboxylic acids is 1. The molecular formula is C26H22ClN5O3. The highest BCUT2D eigenvalue weighted by atomic mass is 35.5. The summed E-state index contributed by atoms with van der Waals surface area (Å²) >= 11 is 6.21. The molecule has 3 aromatic heterocycles. The Bertz CT molecular complexity index is 1470. The molecule has 176 valence electrons. The van der Waals surface area contributed by atoms with Gasteiger partial charge in [-0.05, 0) is 48.0 Å². The van der Waals surface area contributed by atoms with Crippen LogP contribution in [0.5, 0.6) is 5.75 Å². The maximum atomic E-state index is 13.5. The minimum atomic E-state index is -0.527. The number of nitrogens with zero attached hydrogens (tertiary/aromatic N) is 4. The molecule has 0 bridgehead atoms. The van der Waals surface area contributed by atoms with Crippen molar-refractivity contribution in [1.82, 2.24) is 24.6 Å². The number of nitrogens with one attached hydrogen (secondary N) is 1. The van der Waals surface area contributed by atoms with Crippen LogP contribution in [0.4, 0.5) is 0 Å². The summed E-state index contributed by atoms with van der Waals surface area (Å²) in [4.78, 5) is 18.0. The van der Waals surface area contributed by atoms with Crippen LogP contribution in [0, 0.1) is 0 Å². The van der Waals surface area contributed by atoms with Gasteiger partial charge in [0, 0.05) is 30.5 Å². The number of carbonyl (C=O) groups is 1. The van der Waals surface area contributed by atoms with Gasteiger partial charge in [0.15, 0.2) is 11.5 Å². The lowest BCUT2D eigenvalue weighted by Gasteiger charge is -2.19. The number of halogens is 1. The number of hydrogen-bond acceptors (Lipinski definition) is 5. The highest BCUT2D eigenvalue weighted by Gasteiger charge is 2.25. The largest absolute Gasteiger partial charge is 0.497 e. The predicted molar refractivity (Wildman–Crippen MR) is 132 cm³/mol. The van der Waals surface area contributed by atoms with Crippen molar-refractivity contribution in [2.45, 2.75) is 6.04 Å². The fraction of sp³-hybridized carbons (Fsp3) is 0.115. The Balaban J connectivity index is 1.54. The van der Waals surface area contributed by atoms with E-state index in [1.807, 2.05) is 60.3 Å². The molecule has 1 atom stereocenters. The maximum Gasteiger partial charge on any atom is 0.272 e. The van der Waals surface area contributed by atoms with Gasteiger partial charge in [-0.15, -0.1) is 0 Å². The molecule has 3 heterocycles. The van der Waals surface area contributed by atoms with E-state index in [-0.39, 0.29) is 11.6 Å². The van der Waals surface area contributed by atoms with Crippen LogP contribution in [-0.2, 0) is 7.05 Å². The summed E-state index contributed by atoms with van der Waals surface area (Å²) < 4.78 is 14.5. The zero-order valence-corrected chi connectivity index (χ0v) is 19.8. The van der Waals surface area contributed by atoms with Crippen molar-refractivity contribution in [3.63, 3.8) is 0 Å². The summed E-state index contributed by atoms with van der Waals surface area (Å²) in [5.74, 6) is 1.56. The molecule has 0 radical (unpaired) electrons. The highest BCUT2D eigenvalue weighted by Crippen LogP contribution is 2.28. The summed E-state index contributed by atoms with van der Waals surface area (Å²) in [7, 11) is 3.48. The van der Waals surface area contributed by atoms with Crippen molar-refractivity contribution in [1.29, 1.82) is 0 Å². The van der Waals surface area contributed by atoms with Crippen LogP contribution in [0.2, 0.25) is 5.02 Å². The normalized spacial score (nSPS) is 11.9. The lowest BCUT2D eigenvalue weighted by atomic mass is 10.1. The molecule has 0 spiro atoms. The topological polar surface area (TPSA) is 87.1 Å². The summed E-state index contributed by atoms with van der Waals surface area (Å²) in [5, 5.41) is 8.24. The van der Waals surface area contributed by atoms with Crippen LogP contribution in [0.25, 0.3) is 17.1 Å². The number of benzene rings is 2. The third kappa shape index (κ3) is 4.56. The quantitative estimate of drug-likeness (QED) is 0.347. The Labute approximate surface area is 206 Å². The number of amides is 1.